The topological polar surface area (TPSA) is 49.0 Å². The fourth-order valence-corrected chi connectivity index (χ4v) is 2.76. The van der Waals surface area contributed by atoms with Gasteiger partial charge < -0.3 is 9.88 Å². The number of amides is 1. The lowest BCUT2D eigenvalue weighted by Crippen LogP contribution is -2.40. The molecule has 0 radical (unpaired) electrons. The first-order chi connectivity index (χ1) is 9.45. The number of imidazole rings is 1. The quantitative estimate of drug-likeness (QED) is 0.913. The van der Waals surface area contributed by atoms with E-state index >= 15 is 0 Å². The molecular weight excluding hydrogens is 250 g/mol. The second-order valence-corrected chi connectivity index (χ2v) is 6.21. The summed E-state index contributed by atoms with van der Waals surface area (Å²) >= 11 is 0. The minimum atomic E-state index is 0.214. The van der Waals surface area contributed by atoms with Crippen LogP contribution in [0.1, 0.15) is 50.6 Å². The van der Waals surface area contributed by atoms with Crippen molar-refractivity contribution in [3.8, 4) is 0 Å². The van der Waals surface area contributed by atoms with E-state index in [1.54, 1.807) is 0 Å². The van der Waals surface area contributed by atoms with Gasteiger partial charge in [0.05, 0.1) is 17.5 Å². The van der Waals surface area contributed by atoms with Gasteiger partial charge in [0.25, 0.3) is 0 Å². The lowest BCUT2D eigenvalue weighted by Gasteiger charge is -2.32. The molecule has 20 heavy (non-hydrogen) atoms. The Labute approximate surface area is 119 Å². The Hall–Kier alpha value is -1.84. The molecule has 0 spiro atoms. The number of carbonyl (C=O) groups is 1. The molecule has 2 aromatic rings. The highest BCUT2D eigenvalue weighted by Gasteiger charge is 2.25. The molecule has 1 amide bonds. The van der Waals surface area contributed by atoms with E-state index in [0.717, 1.165) is 22.4 Å². The number of H-pyrrole nitrogens is 1. The first-order valence-corrected chi connectivity index (χ1v) is 7.26. The standard InChI is InChI=1S/C16H21N3O/c1-9(2)16-17-13-5-11-7-15(20)19(10(3)4)8-12(11)6-14(13)18-16/h5-6,9-10H,7-8H2,1-4H3,(H,17,18). The molecule has 0 saturated heterocycles. The van der Waals surface area contributed by atoms with Crippen molar-refractivity contribution in [1.29, 1.82) is 0 Å². The molecule has 4 nitrogen and oxygen atoms in total. The van der Waals surface area contributed by atoms with Crippen molar-refractivity contribution in [1.82, 2.24) is 14.9 Å². The van der Waals surface area contributed by atoms with Crippen LogP contribution >= 0.6 is 0 Å². The van der Waals surface area contributed by atoms with Crippen LogP contribution in [0, 0.1) is 0 Å². The fourth-order valence-electron chi connectivity index (χ4n) is 2.76. The summed E-state index contributed by atoms with van der Waals surface area (Å²) in [4.78, 5) is 22.1. The molecule has 2 heterocycles. The van der Waals surface area contributed by atoms with Crippen LogP contribution in [0.5, 0.6) is 0 Å². The van der Waals surface area contributed by atoms with E-state index in [0.29, 0.717) is 18.9 Å². The molecular formula is C16H21N3O. The Kier molecular flexibility index (Phi) is 3.04. The van der Waals surface area contributed by atoms with Gasteiger partial charge in [-0.05, 0) is 37.1 Å². The summed E-state index contributed by atoms with van der Waals surface area (Å²) in [5.74, 6) is 1.61. The van der Waals surface area contributed by atoms with Crippen molar-refractivity contribution < 1.29 is 4.79 Å². The highest BCUT2D eigenvalue weighted by Crippen LogP contribution is 2.27. The molecule has 4 heteroatoms. The van der Waals surface area contributed by atoms with Crippen LogP contribution in [0.3, 0.4) is 0 Å². The molecule has 1 aliphatic rings. The van der Waals surface area contributed by atoms with Gasteiger partial charge in [-0.1, -0.05) is 13.8 Å². The van der Waals surface area contributed by atoms with Crippen molar-refractivity contribution in [3.05, 3.63) is 29.1 Å². The highest BCUT2D eigenvalue weighted by molar-refractivity contribution is 5.85. The second kappa shape index (κ2) is 4.62. The number of carbonyl (C=O) groups excluding carboxylic acids is 1. The SMILES string of the molecule is CC(C)c1nc2cc3c(cc2[nH]1)CN(C(C)C)C(=O)C3. The number of aromatic nitrogens is 2. The van der Waals surface area contributed by atoms with E-state index in [1.807, 2.05) is 4.90 Å². The zero-order chi connectivity index (χ0) is 14.4. The lowest BCUT2D eigenvalue weighted by molar-refractivity contribution is -0.133. The molecule has 1 aromatic heterocycles. The van der Waals surface area contributed by atoms with Gasteiger partial charge in [0.1, 0.15) is 5.82 Å². The van der Waals surface area contributed by atoms with Crippen LogP contribution in [0.25, 0.3) is 11.0 Å². The minimum absolute atomic E-state index is 0.214. The molecule has 0 bridgehead atoms. The summed E-state index contributed by atoms with van der Waals surface area (Å²) in [7, 11) is 0. The van der Waals surface area contributed by atoms with Gasteiger partial charge in [0.2, 0.25) is 5.91 Å². The predicted octanol–water partition coefficient (Wildman–Crippen LogP) is 2.98. The van der Waals surface area contributed by atoms with Crippen LogP contribution < -0.4 is 0 Å². The lowest BCUT2D eigenvalue weighted by atomic mass is 9.97. The summed E-state index contributed by atoms with van der Waals surface area (Å²) < 4.78 is 0. The van der Waals surface area contributed by atoms with Gasteiger partial charge in [-0.2, -0.15) is 0 Å². The van der Waals surface area contributed by atoms with Crippen molar-refractivity contribution in [3.63, 3.8) is 0 Å². The van der Waals surface area contributed by atoms with Gasteiger partial charge in [-0.3, -0.25) is 4.79 Å². The van der Waals surface area contributed by atoms with Crippen LogP contribution in [-0.2, 0) is 17.8 Å². The average molecular weight is 271 g/mol. The summed E-state index contributed by atoms with van der Waals surface area (Å²) in [6.07, 6.45) is 0.493. The van der Waals surface area contributed by atoms with Gasteiger partial charge >= 0.3 is 0 Å². The second-order valence-electron chi connectivity index (χ2n) is 6.21. The minimum Gasteiger partial charge on any atom is -0.342 e. The van der Waals surface area contributed by atoms with Gasteiger partial charge in [0, 0.05) is 18.5 Å². The van der Waals surface area contributed by atoms with E-state index in [-0.39, 0.29) is 11.9 Å². The third-order valence-electron chi connectivity index (χ3n) is 3.99. The number of nitrogens with zero attached hydrogens (tertiary/aromatic N) is 2. The largest absolute Gasteiger partial charge is 0.342 e. The molecule has 3 rings (SSSR count). The monoisotopic (exact) mass is 271 g/mol. The number of aromatic amines is 1. The Bertz CT molecular complexity index is 670. The third kappa shape index (κ3) is 2.09. The van der Waals surface area contributed by atoms with Crippen molar-refractivity contribution >= 4 is 16.9 Å². The number of benzene rings is 1. The van der Waals surface area contributed by atoms with Crippen LogP contribution in [0.15, 0.2) is 12.1 Å². The summed E-state index contributed by atoms with van der Waals surface area (Å²) in [5.41, 5.74) is 4.41. The zero-order valence-electron chi connectivity index (χ0n) is 12.5. The predicted molar refractivity (Wildman–Crippen MR) is 79.6 cm³/mol. The van der Waals surface area contributed by atoms with Crippen molar-refractivity contribution in [2.45, 2.75) is 52.6 Å². The Morgan fingerprint density at radius 3 is 2.60 bits per heavy atom. The Morgan fingerprint density at radius 1 is 1.20 bits per heavy atom. The van der Waals surface area contributed by atoms with Crippen LogP contribution in [0.4, 0.5) is 0 Å². The number of fused-ring (bicyclic) bond motifs is 2. The summed E-state index contributed by atoms with van der Waals surface area (Å²) in [6, 6.07) is 4.48. The van der Waals surface area contributed by atoms with E-state index in [9.17, 15) is 4.79 Å². The molecule has 0 atom stereocenters. The highest BCUT2D eigenvalue weighted by atomic mass is 16.2. The average Bonchev–Trinajstić information content (AvgIpc) is 2.78. The summed E-state index contributed by atoms with van der Waals surface area (Å²) in [5, 5.41) is 0. The van der Waals surface area contributed by atoms with Crippen molar-refractivity contribution in [2.24, 2.45) is 0 Å². The molecule has 1 N–H and O–H groups in total. The third-order valence-corrected chi connectivity index (χ3v) is 3.99. The smallest absolute Gasteiger partial charge is 0.227 e. The molecule has 106 valence electrons. The maximum absolute atomic E-state index is 12.1. The van der Waals surface area contributed by atoms with Crippen LogP contribution in [-0.4, -0.2) is 26.8 Å². The number of hydrogen-bond donors (Lipinski definition) is 1. The Morgan fingerprint density at radius 2 is 1.95 bits per heavy atom. The van der Waals surface area contributed by atoms with Crippen LogP contribution in [0.2, 0.25) is 0 Å². The fraction of sp³-hybridized carbons (Fsp3) is 0.500. The van der Waals surface area contributed by atoms with E-state index in [1.165, 1.54) is 5.56 Å². The van der Waals surface area contributed by atoms with E-state index in [4.69, 9.17) is 0 Å². The number of rotatable bonds is 2. The van der Waals surface area contributed by atoms with Gasteiger partial charge in [0.15, 0.2) is 0 Å². The maximum atomic E-state index is 12.1. The number of nitrogens with one attached hydrogen (secondary N) is 1. The Balaban J connectivity index is 2.06. The first-order valence-electron chi connectivity index (χ1n) is 7.26. The molecule has 0 saturated carbocycles. The molecule has 0 unspecified atom stereocenters. The molecule has 0 fully saturated rings. The van der Waals surface area contributed by atoms with E-state index in [2.05, 4.69) is 49.8 Å². The number of hydrogen-bond acceptors (Lipinski definition) is 2. The zero-order valence-corrected chi connectivity index (χ0v) is 12.5. The summed E-state index contributed by atoms with van der Waals surface area (Å²) in [6.45, 7) is 9.09. The van der Waals surface area contributed by atoms with E-state index < -0.39 is 0 Å². The van der Waals surface area contributed by atoms with Gasteiger partial charge in [-0.25, -0.2) is 4.98 Å². The molecule has 0 aliphatic carbocycles. The first kappa shape index (κ1) is 13.2. The molecule has 1 aliphatic heterocycles. The molecule has 1 aromatic carbocycles. The van der Waals surface area contributed by atoms with Crippen molar-refractivity contribution in [2.75, 3.05) is 0 Å². The van der Waals surface area contributed by atoms with Gasteiger partial charge in [-0.15, -0.1) is 0 Å². The maximum Gasteiger partial charge on any atom is 0.227 e. The normalized spacial score (nSPS) is 15.5.